The minimum Gasteiger partial charge on any atom is -0.383 e. The first-order valence-corrected chi connectivity index (χ1v) is 10.5. The number of benzene rings is 1. The predicted molar refractivity (Wildman–Crippen MR) is 112 cm³/mol. The number of piperidine rings is 1. The van der Waals surface area contributed by atoms with E-state index in [9.17, 15) is 9.90 Å². The van der Waals surface area contributed by atoms with E-state index in [1.165, 1.54) is 12.0 Å². The molecule has 2 atom stereocenters. The van der Waals surface area contributed by atoms with Gasteiger partial charge in [0.05, 0.1) is 16.7 Å². The highest BCUT2D eigenvalue weighted by Crippen LogP contribution is 2.48. The lowest BCUT2D eigenvalue weighted by Gasteiger charge is -2.52. The third-order valence-corrected chi connectivity index (χ3v) is 7.12. The monoisotopic (exact) mass is 392 g/mol. The van der Waals surface area contributed by atoms with Gasteiger partial charge in [0.1, 0.15) is 5.60 Å². The Morgan fingerprint density at radius 1 is 1.07 bits per heavy atom. The lowest BCUT2D eigenvalue weighted by atomic mass is 9.64. The molecular formula is C23H28N4O2. The standard InChI is InChI=1S/C23H28N4O2/c1-25-19-10-9-16(12-20(19)26(2)22(25)28)13-27-14-17-6-5-7-18(15-27)23(17,29)21-8-3-4-11-24-21/h3-4,8-12,17-18,29H,5-7,13-15H2,1-2H3/t17-,18-/m0/s1. The number of pyridine rings is 1. The Hall–Kier alpha value is -2.44. The Morgan fingerprint density at radius 2 is 1.79 bits per heavy atom. The first kappa shape index (κ1) is 18.6. The Kier molecular flexibility index (Phi) is 4.37. The molecule has 3 aromatic rings. The van der Waals surface area contributed by atoms with Crippen LogP contribution in [0.15, 0.2) is 47.4 Å². The zero-order valence-corrected chi connectivity index (χ0v) is 17.1. The van der Waals surface area contributed by atoms with Gasteiger partial charge in [0.2, 0.25) is 0 Å². The minimum atomic E-state index is -0.816. The maximum absolute atomic E-state index is 12.2. The molecule has 1 aromatic carbocycles. The smallest absolute Gasteiger partial charge is 0.328 e. The van der Waals surface area contributed by atoms with Crippen LogP contribution < -0.4 is 5.69 Å². The van der Waals surface area contributed by atoms with E-state index in [1.807, 2.05) is 38.4 Å². The zero-order chi connectivity index (χ0) is 20.2. The number of hydrogen-bond donors (Lipinski definition) is 1. The number of fused-ring (bicyclic) bond motifs is 3. The lowest BCUT2D eigenvalue weighted by Crippen LogP contribution is -2.58. The maximum atomic E-state index is 12.2. The second kappa shape index (κ2) is 6.82. The van der Waals surface area contributed by atoms with Gasteiger partial charge in [0, 0.05) is 51.8 Å². The molecule has 0 amide bonds. The summed E-state index contributed by atoms with van der Waals surface area (Å²) in [4.78, 5) is 19.2. The van der Waals surface area contributed by atoms with E-state index in [1.54, 1.807) is 15.3 Å². The fourth-order valence-corrected chi connectivity index (χ4v) is 5.60. The predicted octanol–water partition coefficient (Wildman–Crippen LogP) is 2.39. The molecule has 0 spiro atoms. The normalized spacial score (nSPS) is 27.4. The molecule has 2 aliphatic rings. The van der Waals surface area contributed by atoms with Gasteiger partial charge >= 0.3 is 5.69 Å². The van der Waals surface area contributed by atoms with Gasteiger partial charge in [-0.3, -0.25) is 19.0 Å². The second-order valence-electron chi connectivity index (χ2n) is 8.78. The van der Waals surface area contributed by atoms with E-state index in [4.69, 9.17) is 0 Å². The quantitative estimate of drug-likeness (QED) is 0.743. The summed E-state index contributed by atoms with van der Waals surface area (Å²) in [6.45, 7) is 2.58. The molecule has 0 unspecified atom stereocenters. The van der Waals surface area contributed by atoms with E-state index < -0.39 is 5.60 Å². The Bertz CT molecular complexity index is 1090. The summed E-state index contributed by atoms with van der Waals surface area (Å²) in [7, 11) is 3.64. The first-order valence-electron chi connectivity index (χ1n) is 10.5. The molecule has 1 aliphatic carbocycles. The van der Waals surface area contributed by atoms with E-state index in [0.717, 1.165) is 49.2 Å². The van der Waals surface area contributed by atoms with Crippen LogP contribution in [0.5, 0.6) is 0 Å². The molecule has 6 heteroatoms. The van der Waals surface area contributed by atoms with Crippen LogP contribution in [0.1, 0.15) is 30.5 Å². The van der Waals surface area contributed by atoms with Gasteiger partial charge < -0.3 is 5.11 Å². The van der Waals surface area contributed by atoms with Crippen molar-refractivity contribution >= 4 is 11.0 Å². The largest absolute Gasteiger partial charge is 0.383 e. The van der Waals surface area contributed by atoms with E-state index in [2.05, 4.69) is 22.0 Å². The number of hydrogen-bond acceptors (Lipinski definition) is 4. The average Bonchev–Trinajstić information content (AvgIpc) is 2.93. The third-order valence-electron chi connectivity index (χ3n) is 7.12. The van der Waals surface area contributed by atoms with Crippen molar-refractivity contribution in [1.82, 2.24) is 19.0 Å². The van der Waals surface area contributed by atoms with Crippen molar-refractivity contribution < 1.29 is 5.11 Å². The minimum absolute atomic E-state index is 0.00470. The molecule has 2 bridgehead atoms. The zero-order valence-electron chi connectivity index (χ0n) is 17.1. The molecule has 1 N–H and O–H groups in total. The fraction of sp³-hybridized carbons (Fsp3) is 0.478. The summed E-state index contributed by atoms with van der Waals surface area (Å²) in [5, 5.41) is 11.7. The van der Waals surface area contributed by atoms with Crippen molar-refractivity contribution in [2.75, 3.05) is 13.1 Å². The van der Waals surface area contributed by atoms with Crippen LogP contribution in [0, 0.1) is 11.8 Å². The fourth-order valence-electron chi connectivity index (χ4n) is 5.60. The highest BCUT2D eigenvalue weighted by Gasteiger charge is 2.52. The van der Waals surface area contributed by atoms with Crippen molar-refractivity contribution in [2.24, 2.45) is 25.9 Å². The molecule has 29 heavy (non-hydrogen) atoms. The Morgan fingerprint density at radius 3 is 2.48 bits per heavy atom. The number of rotatable bonds is 3. The van der Waals surface area contributed by atoms with Crippen LogP contribution in [0.25, 0.3) is 11.0 Å². The SMILES string of the molecule is Cn1c(=O)n(C)c2cc(CN3C[C@@H]4CCC[C@@H](C3)C4(O)c3ccccn3)ccc21. The third kappa shape index (κ3) is 2.85. The van der Waals surface area contributed by atoms with Gasteiger partial charge in [-0.25, -0.2) is 4.79 Å². The molecule has 5 rings (SSSR count). The molecule has 2 fully saturated rings. The van der Waals surface area contributed by atoms with Gasteiger partial charge in [0.25, 0.3) is 0 Å². The lowest BCUT2D eigenvalue weighted by molar-refractivity contribution is -0.151. The van der Waals surface area contributed by atoms with E-state index in [-0.39, 0.29) is 17.5 Å². The number of likely N-dealkylation sites (tertiary alicyclic amines) is 1. The molecule has 3 heterocycles. The molecule has 2 aromatic heterocycles. The Balaban J connectivity index is 1.41. The second-order valence-corrected chi connectivity index (χ2v) is 8.78. The molecule has 1 aliphatic heterocycles. The summed E-state index contributed by atoms with van der Waals surface area (Å²) in [6, 6.07) is 12.2. The van der Waals surface area contributed by atoms with Crippen molar-refractivity contribution in [3.63, 3.8) is 0 Å². The van der Waals surface area contributed by atoms with Gasteiger partial charge in [-0.05, 0) is 42.7 Å². The maximum Gasteiger partial charge on any atom is 0.328 e. The molecule has 1 saturated carbocycles. The number of aryl methyl sites for hydroxylation is 2. The molecular weight excluding hydrogens is 364 g/mol. The first-order chi connectivity index (χ1) is 14.0. The van der Waals surface area contributed by atoms with E-state index in [0.29, 0.717) is 0 Å². The highest BCUT2D eigenvalue weighted by atomic mass is 16.3. The molecule has 6 nitrogen and oxygen atoms in total. The van der Waals surface area contributed by atoms with Crippen molar-refractivity contribution in [3.05, 3.63) is 64.3 Å². The summed E-state index contributed by atoms with van der Waals surface area (Å²) in [5.41, 5.74) is 3.15. The Labute approximate surface area is 170 Å². The number of aromatic nitrogens is 3. The molecule has 1 saturated heterocycles. The van der Waals surface area contributed by atoms with Gasteiger partial charge in [-0.15, -0.1) is 0 Å². The topological polar surface area (TPSA) is 63.3 Å². The number of nitrogens with zero attached hydrogens (tertiary/aromatic N) is 4. The van der Waals surface area contributed by atoms with Crippen LogP contribution in [0.3, 0.4) is 0 Å². The average molecular weight is 393 g/mol. The van der Waals surface area contributed by atoms with Gasteiger partial charge in [0.15, 0.2) is 0 Å². The van der Waals surface area contributed by atoms with Crippen molar-refractivity contribution in [3.8, 4) is 0 Å². The van der Waals surface area contributed by atoms with Gasteiger partial charge in [-0.2, -0.15) is 0 Å². The summed E-state index contributed by atoms with van der Waals surface area (Å²) < 4.78 is 3.40. The van der Waals surface area contributed by atoms with Crippen LogP contribution in [-0.4, -0.2) is 37.2 Å². The number of aliphatic hydroxyl groups is 1. The van der Waals surface area contributed by atoms with Crippen LogP contribution in [-0.2, 0) is 26.2 Å². The van der Waals surface area contributed by atoms with Crippen LogP contribution >= 0.6 is 0 Å². The van der Waals surface area contributed by atoms with E-state index >= 15 is 0 Å². The molecule has 0 radical (unpaired) electrons. The summed E-state index contributed by atoms with van der Waals surface area (Å²) >= 11 is 0. The van der Waals surface area contributed by atoms with Crippen molar-refractivity contribution in [2.45, 2.75) is 31.4 Å². The highest BCUT2D eigenvalue weighted by molar-refractivity contribution is 5.76. The van der Waals surface area contributed by atoms with Crippen LogP contribution in [0.4, 0.5) is 0 Å². The number of imidazole rings is 1. The molecule has 152 valence electrons. The van der Waals surface area contributed by atoms with Gasteiger partial charge in [-0.1, -0.05) is 18.6 Å². The summed E-state index contributed by atoms with van der Waals surface area (Å²) in [6.07, 6.45) is 5.03. The summed E-state index contributed by atoms with van der Waals surface area (Å²) in [5.74, 6) is 0.407. The van der Waals surface area contributed by atoms with Crippen LogP contribution in [0.2, 0.25) is 0 Å². The van der Waals surface area contributed by atoms with Crippen molar-refractivity contribution in [1.29, 1.82) is 0 Å².